The smallest absolute Gasteiger partial charge is 0.338 e. The fourth-order valence-corrected chi connectivity index (χ4v) is 2.58. The Morgan fingerprint density at radius 2 is 1.95 bits per heavy atom. The summed E-state index contributed by atoms with van der Waals surface area (Å²) in [5.74, 6) is -0.585. The molecule has 0 aliphatic heterocycles. The third kappa shape index (κ3) is 2.58. The molecule has 1 unspecified atom stereocenters. The van der Waals surface area contributed by atoms with Crippen LogP contribution < -0.4 is 5.32 Å². The van der Waals surface area contributed by atoms with Crippen LogP contribution in [0.15, 0.2) is 30.6 Å². The molecule has 1 aromatic carbocycles. The Morgan fingerprint density at radius 1 is 1.25 bits per heavy atom. The molecule has 1 atom stereocenters. The molecule has 1 aromatic heterocycles. The van der Waals surface area contributed by atoms with Gasteiger partial charge in [0.25, 0.3) is 0 Å². The van der Waals surface area contributed by atoms with Crippen LogP contribution in [0.3, 0.4) is 0 Å². The van der Waals surface area contributed by atoms with Gasteiger partial charge >= 0.3 is 5.97 Å². The molecule has 0 fully saturated rings. The highest BCUT2D eigenvalue weighted by atomic mass is 35.5. The fourth-order valence-electron chi connectivity index (χ4n) is 2.38. The molecule has 102 valence electrons. The van der Waals surface area contributed by atoms with Gasteiger partial charge in [-0.1, -0.05) is 17.7 Å². The van der Waals surface area contributed by atoms with Crippen molar-refractivity contribution in [3.05, 3.63) is 52.3 Å². The number of aromatic nitrogens is 2. The zero-order chi connectivity index (χ0) is 14.1. The quantitative estimate of drug-likeness (QED) is 0.907. The molecule has 0 amide bonds. The largest absolute Gasteiger partial charge is 0.478 e. The molecule has 2 N–H and O–H groups in total. The van der Waals surface area contributed by atoms with Crippen molar-refractivity contribution in [2.45, 2.75) is 18.9 Å². The van der Waals surface area contributed by atoms with Gasteiger partial charge in [0.15, 0.2) is 0 Å². The molecule has 0 radical (unpaired) electrons. The van der Waals surface area contributed by atoms with Gasteiger partial charge in [0.05, 0.1) is 5.56 Å². The second-order valence-corrected chi connectivity index (χ2v) is 5.20. The molecule has 5 nitrogen and oxygen atoms in total. The molecule has 6 heteroatoms. The Bertz CT molecular complexity index is 658. The lowest BCUT2D eigenvalue weighted by molar-refractivity contribution is 0.0696. The highest BCUT2D eigenvalue weighted by molar-refractivity contribution is 6.30. The average Bonchev–Trinajstić information content (AvgIpc) is 2.80. The molecule has 1 aliphatic carbocycles. The fraction of sp³-hybridized carbons (Fsp3) is 0.214. The van der Waals surface area contributed by atoms with Gasteiger partial charge in [-0.25, -0.2) is 14.8 Å². The molecule has 20 heavy (non-hydrogen) atoms. The molecule has 2 aromatic rings. The van der Waals surface area contributed by atoms with Crippen LogP contribution in [0.1, 0.15) is 21.5 Å². The number of carboxylic acids is 1. The standard InChI is InChI=1S/C14H12ClN3O2/c15-11-2-1-8-4-12(5-9(8)3-11)18-14-16-6-10(7-17-14)13(19)20/h1-3,6-7,12H,4-5H2,(H,19,20)(H,16,17,18). The first-order valence-electron chi connectivity index (χ1n) is 6.21. The van der Waals surface area contributed by atoms with Gasteiger partial charge in [0.1, 0.15) is 0 Å². The van der Waals surface area contributed by atoms with Crippen molar-refractivity contribution in [3.8, 4) is 0 Å². The molecule has 1 aliphatic rings. The minimum Gasteiger partial charge on any atom is -0.478 e. The van der Waals surface area contributed by atoms with Crippen LogP contribution in [0.5, 0.6) is 0 Å². The van der Waals surface area contributed by atoms with Gasteiger partial charge in [0, 0.05) is 23.5 Å². The van der Waals surface area contributed by atoms with E-state index in [0.717, 1.165) is 17.9 Å². The lowest BCUT2D eigenvalue weighted by Crippen LogP contribution is -2.21. The molecule has 0 saturated carbocycles. The van der Waals surface area contributed by atoms with E-state index < -0.39 is 5.97 Å². The van der Waals surface area contributed by atoms with Crippen LogP contribution in [-0.4, -0.2) is 27.1 Å². The number of hydrogen-bond acceptors (Lipinski definition) is 4. The first kappa shape index (κ1) is 12.9. The van der Waals surface area contributed by atoms with Gasteiger partial charge in [-0.3, -0.25) is 0 Å². The number of rotatable bonds is 3. The molecule has 3 rings (SSSR count). The van der Waals surface area contributed by atoms with E-state index in [0.29, 0.717) is 5.95 Å². The highest BCUT2D eigenvalue weighted by Gasteiger charge is 2.22. The van der Waals surface area contributed by atoms with Gasteiger partial charge in [-0.15, -0.1) is 0 Å². The Balaban J connectivity index is 1.70. The topological polar surface area (TPSA) is 75.1 Å². The van der Waals surface area contributed by atoms with E-state index in [2.05, 4.69) is 15.3 Å². The predicted molar refractivity (Wildman–Crippen MR) is 75.3 cm³/mol. The van der Waals surface area contributed by atoms with E-state index in [-0.39, 0.29) is 11.6 Å². The number of halogens is 1. The zero-order valence-corrected chi connectivity index (χ0v) is 11.3. The molecular weight excluding hydrogens is 278 g/mol. The Morgan fingerprint density at radius 3 is 2.65 bits per heavy atom. The van der Waals surface area contributed by atoms with Crippen LogP contribution in [0.2, 0.25) is 5.02 Å². The summed E-state index contributed by atoms with van der Waals surface area (Å²) in [5, 5.41) is 12.7. The number of carboxylic acid groups (broad SMARTS) is 1. The Labute approximate surface area is 120 Å². The van der Waals surface area contributed by atoms with Crippen LogP contribution in [0.4, 0.5) is 5.95 Å². The summed E-state index contributed by atoms with van der Waals surface area (Å²) in [6.45, 7) is 0. The SMILES string of the molecule is O=C(O)c1cnc(NC2Cc3ccc(Cl)cc3C2)nc1. The summed E-state index contributed by atoms with van der Waals surface area (Å²) in [5.41, 5.74) is 2.59. The number of benzene rings is 1. The van der Waals surface area contributed by atoms with E-state index >= 15 is 0 Å². The second-order valence-electron chi connectivity index (χ2n) is 4.76. The minimum absolute atomic E-state index is 0.0806. The summed E-state index contributed by atoms with van der Waals surface area (Å²) in [6, 6.07) is 6.11. The number of nitrogens with one attached hydrogen (secondary N) is 1. The van der Waals surface area contributed by atoms with Gasteiger partial charge < -0.3 is 10.4 Å². The van der Waals surface area contributed by atoms with Gasteiger partial charge in [0.2, 0.25) is 5.95 Å². The van der Waals surface area contributed by atoms with Crippen LogP contribution >= 0.6 is 11.6 Å². The van der Waals surface area contributed by atoms with Crippen LogP contribution in [-0.2, 0) is 12.8 Å². The molecule has 0 spiro atoms. The number of carbonyl (C=O) groups is 1. The molecule has 0 bridgehead atoms. The van der Waals surface area contributed by atoms with E-state index in [9.17, 15) is 4.79 Å². The zero-order valence-electron chi connectivity index (χ0n) is 10.5. The van der Waals surface area contributed by atoms with Crippen LogP contribution in [0.25, 0.3) is 0 Å². The Kier molecular flexibility index (Phi) is 3.28. The van der Waals surface area contributed by atoms with Crippen molar-refractivity contribution in [2.75, 3.05) is 5.32 Å². The van der Waals surface area contributed by atoms with Crippen molar-refractivity contribution < 1.29 is 9.90 Å². The number of anilines is 1. The van der Waals surface area contributed by atoms with E-state index in [4.69, 9.17) is 16.7 Å². The van der Waals surface area contributed by atoms with Crippen molar-refractivity contribution in [2.24, 2.45) is 0 Å². The lowest BCUT2D eigenvalue weighted by Gasteiger charge is -2.11. The third-order valence-corrected chi connectivity index (χ3v) is 3.57. The van der Waals surface area contributed by atoms with Gasteiger partial charge in [-0.05, 0) is 36.1 Å². The predicted octanol–water partition coefficient (Wildman–Crippen LogP) is 2.41. The summed E-state index contributed by atoms with van der Waals surface area (Å²) in [6.07, 6.45) is 4.35. The van der Waals surface area contributed by atoms with Gasteiger partial charge in [-0.2, -0.15) is 0 Å². The average molecular weight is 290 g/mol. The van der Waals surface area contributed by atoms with Crippen molar-refractivity contribution >= 4 is 23.5 Å². The molecule has 1 heterocycles. The van der Waals surface area contributed by atoms with E-state index in [1.807, 2.05) is 18.2 Å². The number of hydrogen-bond donors (Lipinski definition) is 2. The van der Waals surface area contributed by atoms with Crippen molar-refractivity contribution in [1.82, 2.24) is 9.97 Å². The third-order valence-electron chi connectivity index (χ3n) is 3.33. The molecule has 0 saturated heterocycles. The summed E-state index contributed by atoms with van der Waals surface area (Å²) >= 11 is 5.98. The highest BCUT2D eigenvalue weighted by Crippen LogP contribution is 2.26. The normalized spacial score (nSPS) is 16.8. The van der Waals surface area contributed by atoms with Crippen molar-refractivity contribution in [3.63, 3.8) is 0 Å². The lowest BCUT2D eigenvalue weighted by atomic mass is 10.1. The number of aromatic carboxylic acids is 1. The summed E-state index contributed by atoms with van der Waals surface area (Å²) < 4.78 is 0. The van der Waals surface area contributed by atoms with E-state index in [1.165, 1.54) is 23.5 Å². The first-order chi connectivity index (χ1) is 9.61. The number of fused-ring (bicyclic) bond motifs is 1. The van der Waals surface area contributed by atoms with Crippen LogP contribution in [0, 0.1) is 0 Å². The van der Waals surface area contributed by atoms with E-state index in [1.54, 1.807) is 0 Å². The summed E-state index contributed by atoms with van der Waals surface area (Å²) in [7, 11) is 0. The number of nitrogens with zero attached hydrogens (tertiary/aromatic N) is 2. The minimum atomic E-state index is -1.03. The molecular formula is C14H12ClN3O2. The second kappa shape index (κ2) is 5.09. The maximum absolute atomic E-state index is 10.7. The van der Waals surface area contributed by atoms with Crippen molar-refractivity contribution in [1.29, 1.82) is 0 Å². The summed E-state index contributed by atoms with van der Waals surface area (Å²) in [4.78, 5) is 18.8. The maximum atomic E-state index is 10.7. The first-order valence-corrected chi connectivity index (χ1v) is 6.59. The monoisotopic (exact) mass is 289 g/mol. The Hall–Kier alpha value is -2.14. The maximum Gasteiger partial charge on any atom is 0.338 e.